The first-order valence-corrected chi connectivity index (χ1v) is 12.4. The number of carbonyl (C=O) groups excluding carboxylic acids is 2. The highest BCUT2D eigenvalue weighted by Gasteiger charge is 2.28. The molecule has 2 aromatic rings. The average Bonchev–Trinajstić information content (AvgIpc) is 3.27. The zero-order valence-corrected chi connectivity index (χ0v) is 19.7. The Balaban J connectivity index is 1.64. The molecule has 1 aliphatic carbocycles. The molecule has 166 valence electrons. The van der Waals surface area contributed by atoms with Crippen LogP contribution >= 0.6 is 11.8 Å². The molecule has 2 aromatic carbocycles. The molecule has 0 saturated heterocycles. The molecule has 1 saturated carbocycles. The summed E-state index contributed by atoms with van der Waals surface area (Å²) in [6, 6.07) is 16.3. The molecule has 0 unspecified atom stereocenters. The number of rotatable bonds is 9. The minimum atomic E-state index is -0.491. The van der Waals surface area contributed by atoms with E-state index in [1.165, 1.54) is 29.5 Å². The van der Waals surface area contributed by atoms with Gasteiger partial charge in [-0.25, -0.2) is 0 Å². The minimum absolute atomic E-state index is 0.00626. The molecule has 4 nitrogen and oxygen atoms in total. The maximum Gasteiger partial charge on any atom is 0.242 e. The second kappa shape index (κ2) is 11.4. The van der Waals surface area contributed by atoms with Gasteiger partial charge in [-0.2, -0.15) is 0 Å². The van der Waals surface area contributed by atoms with E-state index in [9.17, 15) is 9.59 Å². The van der Waals surface area contributed by atoms with Gasteiger partial charge >= 0.3 is 0 Å². The summed E-state index contributed by atoms with van der Waals surface area (Å²) in [5.74, 6) is 1.11. The zero-order chi connectivity index (χ0) is 22.2. The maximum atomic E-state index is 13.2. The van der Waals surface area contributed by atoms with Crippen molar-refractivity contribution < 1.29 is 9.59 Å². The molecule has 1 aliphatic rings. The van der Waals surface area contributed by atoms with Crippen molar-refractivity contribution in [1.29, 1.82) is 0 Å². The molecule has 2 amide bonds. The van der Waals surface area contributed by atoms with Gasteiger partial charge in [-0.3, -0.25) is 9.59 Å². The maximum absolute atomic E-state index is 13.2. The van der Waals surface area contributed by atoms with Crippen LogP contribution in [0.2, 0.25) is 0 Å². The summed E-state index contributed by atoms with van der Waals surface area (Å²) in [6.45, 7) is 6.41. The number of hydrogen-bond acceptors (Lipinski definition) is 3. The second-order valence-corrected chi connectivity index (χ2v) is 9.64. The number of nitrogens with zero attached hydrogens (tertiary/aromatic N) is 1. The van der Waals surface area contributed by atoms with Gasteiger partial charge < -0.3 is 10.2 Å². The van der Waals surface area contributed by atoms with E-state index in [2.05, 4.69) is 36.5 Å². The number of nitrogens with one attached hydrogen (secondary N) is 1. The summed E-state index contributed by atoms with van der Waals surface area (Å²) in [5.41, 5.74) is 4.67. The van der Waals surface area contributed by atoms with Gasteiger partial charge in [0.1, 0.15) is 6.04 Å². The standard InChI is InChI=1S/C26H34N2O2S/c1-19-8-12-22(13-9-19)16-28(21(3)26(30)27-24-6-4-5-7-24)25(29)18-31-17-23-14-10-20(2)11-15-23/h8-15,21,24H,4-7,16-18H2,1-3H3,(H,27,30)/t21-/m0/s1. The Bertz CT molecular complexity index is 858. The first-order valence-electron chi connectivity index (χ1n) is 11.2. The normalized spacial score (nSPS) is 14.9. The lowest BCUT2D eigenvalue weighted by Crippen LogP contribution is -2.50. The minimum Gasteiger partial charge on any atom is -0.352 e. The van der Waals surface area contributed by atoms with Crippen LogP contribution in [0.1, 0.15) is 54.9 Å². The summed E-state index contributed by atoms with van der Waals surface area (Å²) in [4.78, 5) is 27.8. The first kappa shape index (κ1) is 23.4. The van der Waals surface area contributed by atoms with E-state index in [1.807, 2.05) is 38.1 Å². The lowest BCUT2D eigenvalue weighted by atomic mass is 10.1. The van der Waals surface area contributed by atoms with Gasteiger partial charge in [0.15, 0.2) is 0 Å². The molecule has 1 fully saturated rings. The lowest BCUT2D eigenvalue weighted by molar-refractivity contribution is -0.138. The largest absolute Gasteiger partial charge is 0.352 e. The number of benzene rings is 2. The fourth-order valence-corrected chi connectivity index (χ4v) is 4.76. The molecule has 5 heteroatoms. The molecule has 1 N–H and O–H groups in total. The third kappa shape index (κ3) is 7.13. The second-order valence-electron chi connectivity index (χ2n) is 8.65. The van der Waals surface area contributed by atoms with Gasteiger partial charge in [-0.15, -0.1) is 11.8 Å². The number of aryl methyl sites for hydroxylation is 2. The summed E-state index contributed by atoms with van der Waals surface area (Å²) in [6.07, 6.45) is 4.41. The van der Waals surface area contributed by atoms with Crippen LogP contribution in [0.4, 0.5) is 0 Å². The Morgan fingerprint density at radius 1 is 0.968 bits per heavy atom. The van der Waals surface area contributed by atoms with Gasteiger partial charge in [0.05, 0.1) is 5.75 Å². The van der Waals surface area contributed by atoms with Crippen molar-refractivity contribution in [3.63, 3.8) is 0 Å². The Morgan fingerprint density at radius 2 is 1.52 bits per heavy atom. The number of thioether (sulfide) groups is 1. The predicted molar refractivity (Wildman–Crippen MR) is 129 cm³/mol. The van der Waals surface area contributed by atoms with Crippen molar-refractivity contribution in [3.05, 3.63) is 70.8 Å². The van der Waals surface area contributed by atoms with Crippen molar-refractivity contribution in [1.82, 2.24) is 10.2 Å². The first-order chi connectivity index (χ1) is 14.9. The SMILES string of the molecule is Cc1ccc(CSCC(=O)N(Cc2ccc(C)cc2)[C@@H](C)C(=O)NC2CCCC2)cc1. The van der Waals surface area contributed by atoms with E-state index >= 15 is 0 Å². The molecule has 0 bridgehead atoms. The number of hydrogen-bond donors (Lipinski definition) is 1. The van der Waals surface area contributed by atoms with Crippen molar-refractivity contribution in [3.8, 4) is 0 Å². The van der Waals surface area contributed by atoms with E-state index in [-0.39, 0.29) is 17.9 Å². The van der Waals surface area contributed by atoms with Crippen molar-refractivity contribution >= 4 is 23.6 Å². The third-order valence-electron chi connectivity index (χ3n) is 5.96. The summed E-state index contributed by atoms with van der Waals surface area (Å²) >= 11 is 1.60. The molecule has 0 radical (unpaired) electrons. The van der Waals surface area contributed by atoms with Gasteiger partial charge in [0, 0.05) is 18.3 Å². The summed E-state index contributed by atoms with van der Waals surface area (Å²) < 4.78 is 0. The molecule has 0 aromatic heterocycles. The van der Waals surface area contributed by atoms with Crippen LogP contribution in [0.3, 0.4) is 0 Å². The van der Waals surface area contributed by atoms with E-state index in [0.29, 0.717) is 12.3 Å². The Labute approximate surface area is 190 Å². The molecule has 1 atom stereocenters. The Hall–Kier alpha value is -2.27. The van der Waals surface area contributed by atoms with Gasteiger partial charge in [0.2, 0.25) is 11.8 Å². The van der Waals surface area contributed by atoms with Crippen LogP contribution in [0.15, 0.2) is 48.5 Å². The van der Waals surface area contributed by atoms with Crippen molar-refractivity contribution in [2.45, 2.75) is 70.8 Å². The highest BCUT2D eigenvalue weighted by molar-refractivity contribution is 7.99. The monoisotopic (exact) mass is 438 g/mol. The molecular formula is C26H34N2O2S. The van der Waals surface area contributed by atoms with Gasteiger partial charge in [0.25, 0.3) is 0 Å². The molecule has 0 aliphatic heterocycles. The smallest absolute Gasteiger partial charge is 0.242 e. The molecule has 3 rings (SSSR count). The topological polar surface area (TPSA) is 49.4 Å². The number of carbonyl (C=O) groups is 2. The summed E-state index contributed by atoms with van der Waals surface area (Å²) in [5, 5.41) is 3.16. The van der Waals surface area contributed by atoms with E-state index < -0.39 is 6.04 Å². The van der Waals surface area contributed by atoms with Gasteiger partial charge in [-0.1, -0.05) is 72.5 Å². The summed E-state index contributed by atoms with van der Waals surface area (Å²) in [7, 11) is 0. The zero-order valence-electron chi connectivity index (χ0n) is 18.9. The van der Waals surface area contributed by atoms with E-state index in [4.69, 9.17) is 0 Å². The van der Waals surface area contributed by atoms with Crippen LogP contribution in [-0.4, -0.2) is 34.6 Å². The average molecular weight is 439 g/mol. The highest BCUT2D eigenvalue weighted by atomic mass is 32.2. The van der Waals surface area contributed by atoms with Crippen molar-refractivity contribution in [2.24, 2.45) is 0 Å². The van der Waals surface area contributed by atoms with E-state index in [1.54, 1.807) is 16.7 Å². The van der Waals surface area contributed by atoms with Crippen LogP contribution in [0, 0.1) is 13.8 Å². The molecule has 31 heavy (non-hydrogen) atoms. The van der Waals surface area contributed by atoms with Crippen LogP contribution < -0.4 is 5.32 Å². The highest BCUT2D eigenvalue weighted by Crippen LogP contribution is 2.20. The van der Waals surface area contributed by atoms with Crippen LogP contribution in [0.25, 0.3) is 0 Å². The molecule has 0 heterocycles. The Morgan fingerprint density at radius 3 is 2.10 bits per heavy atom. The third-order valence-corrected chi connectivity index (χ3v) is 6.95. The number of amides is 2. The lowest BCUT2D eigenvalue weighted by Gasteiger charge is -2.29. The van der Waals surface area contributed by atoms with Gasteiger partial charge in [-0.05, 0) is 44.7 Å². The van der Waals surface area contributed by atoms with E-state index in [0.717, 1.165) is 24.2 Å². The van der Waals surface area contributed by atoms with Crippen molar-refractivity contribution in [2.75, 3.05) is 5.75 Å². The fourth-order valence-electron chi connectivity index (χ4n) is 3.89. The fraction of sp³-hybridized carbons (Fsp3) is 0.462. The quantitative estimate of drug-likeness (QED) is 0.598. The predicted octanol–water partition coefficient (Wildman–Crippen LogP) is 5.01. The Kier molecular flexibility index (Phi) is 8.59. The van der Waals surface area contributed by atoms with Crippen LogP contribution in [-0.2, 0) is 21.9 Å². The molecular weight excluding hydrogens is 404 g/mol. The van der Waals surface area contributed by atoms with Crippen LogP contribution in [0.5, 0.6) is 0 Å². The molecule has 0 spiro atoms.